The molecule has 3 rings (SSSR count). The molecule has 0 saturated heterocycles. The number of fused-ring (bicyclic) bond motifs is 1. The van der Waals surface area contributed by atoms with Gasteiger partial charge in [0.1, 0.15) is 5.82 Å². The molecule has 0 aromatic carbocycles. The maximum absolute atomic E-state index is 4.39. The molecule has 1 aliphatic rings. The number of hydrogen-bond donors (Lipinski definition) is 2. The average molecular weight is 340 g/mol. The Labute approximate surface area is 126 Å². The molecule has 2 aromatic rings. The Kier molecular flexibility index (Phi) is 4.05. The minimum atomic E-state index is 0.310. The number of thiophene rings is 1. The SMILES string of the molecule is CCC(NC1CCCc2sc(Br)cc21)c1ncc[nH]1. The van der Waals surface area contributed by atoms with Gasteiger partial charge in [-0.15, -0.1) is 11.3 Å². The average Bonchev–Trinajstić information content (AvgIpc) is 3.03. The van der Waals surface area contributed by atoms with Gasteiger partial charge in [0.25, 0.3) is 0 Å². The molecule has 0 amide bonds. The van der Waals surface area contributed by atoms with Crippen LogP contribution in [0.3, 0.4) is 0 Å². The van der Waals surface area contributed by atoms with Gasteiger partial charge in [-0.1, -0.05) is 6.92 Å². The van der Waals surface area contributed by atoms with Crippen LogP contribution in [0, 0.1) is 0 Å². The number of H-pyrrole nitrogens is 1. The first-order valence-electron chi connectivity index (χ1n) is 6.81. The molecule has 2 heterocycles. The molecule has 0 spiro atoms. The van der Waals surface area contributed by atoms with Crippen LogP contribution in [-0.2, 0) is 6.42 Å². The third-order valence-electron chi connectivity index (χ3n) is 3.74. The zero-order valence-corrected chi connectivity index (χ0v) is 13.4. The predicted octanol–water partition coefficient (Wildman–Crippen LogP) is 4.35. The Morgan fingerprint density at radius 3 is 3.26 bits per heavy atom. The quantitative estimate of drug-likeness (QED) is 0.869. The molecule has 2 N–H and O–H groups in total. The van der Waals surface area contributed by atoms with Crippen molar-refractivity contribution in [1.82, 2.24) is 15.3 Å². The van der Waals surface area contributed by atoms with E-state index < -0.39 is 0 Å². The van der Waals surface area contributed by atoms with Gasteiger partial charge in [-0.2, -0.15) is 0 Å². The Hall–Kier alpha value is -0.650. The van der Waals surface area contributed by atoms with Crippen molar-refractivity contribution in [2.45, 2.75) is 44.7 Å². The Morgan fingerprint density at radius 2 is 2.53 bits per heavy atom. The smallest absolute Gasteiger partial charge is 0.123 e. The van der Waals surface area contributed by atoms with E-state index in [0.29, 0.717) is 12.1 Å². The van der Waals surface area contributed by atoms with Crippen LogP contribution in [0.15, 0.2) is 22.2 Å². The zero-order chi connectivity index (χ0) is 13.2. The summed E-state index contributed by atoms with van der Waals surface area (Å²) in [6, 6.07) is 3.05. The van der Waals surface area contributed by atoms with Crippen LogP contribution < -0.4 is 5.32 Å². The first-order valence-corrected chi connectivity index (χ1v) is 8.42. The van der Waals surface area contributed by atoms with Gasteiger partial charge in [-0.05, 0) is 53.2 Å². The van der Waals surface area contributed by atoms with Gasteiger partial charge in [-0.3, -0.25) is 0 Å². The lowest BCUT2D eigenvalue weighted by Gasteiger charge is -2.27. The molecule has 3 nitrogen and oxygen atoms in total. The fourth-order valence-electron chi connectivity index (χ4n) is 2.80. The minimum absolute atomic E-state index is 0.310. The lowest BCUT2D eigenvalue weighted by atomic mass is 9.93. The van der Waals surface area contributed by atoms with E-state index in [-0.39, 0.29) is 0 Å². The second-order valence-corrected chi connectivity index (χ2v) is 7.49. The first kappa shape index (κ1) is 13.3. The first-order chi connectivity index (χ1) is 9.28. The van der Waals surface area contributed by atoms with Gasteiger partial charge < -0.3 is 10.3 Å². The molecule has 0 fully saturated rings. The molecule has 0 bridgehead atoms. The van der Waals surface area contributed by atoms with E-state index in [0.717, 1.165) is 12.2 Å². The van der Waals surface area contributed by atoms with Crippen molar-refractivity contribution in [3.63, 3.8) is 0 Å². The predicted molar refractivity (Wildman–Crippen MR) is 82.5 cm³/mol. The standard InChI is InChI=1S/C14H18BrN3S/c1-2-10(14-16-6-7-17-14)18-11-4-3-5-12-9(11)8-13(15)19-12/h6-8,10-11,18H,2-5H2,1H3,(H,16,17). The summed E-state index contributed by atoms with van der Waals surface area (Å²) in [4.78, 5) is 9.15. The van der Waals surface area contributed by atoms with Crippen molar-refractivity contribution in [2.75, 3.05) is 0 Å². The highest BCUT2D eigenvalue weighted by molar-refractivity contribution is 9.11. The van der Waals surface area contributed by atoms with Crippen LogP contribution in [0.1, 0.15) is 54.5 Å². The molecule has 0 radical (unpaired) electrons. The molecular weight excluding hydrogens is 322 g/mol. The number of aromatic nitrogens is 2. The fourth-order valence-corrected chi connectivity index (χ4v) is 4.62. The third kappa shape index (κ3) is 2.78. The van der Waals surface area contributed by atoms with Crippen LogP contribution in [0.2, 0.25) is 0 Å². The van der Waals surface area contributed by atoms with Crippen molar-refractivity contribution in [3.05, 3.63) is 38.5 Å². The maximum Gasteiger partial charge on any atom is 0.123 e. The van der Waals surface area contributed by atoms with Crippen LogP contribution in [0.4, 0.5) is 0 Å². The maximum atomic E-state index is 4.39. The molecule has 0 aliphatic heterocycles. The normalized spacial score (nSPS) is 20.2. The number of halogens is 1. The molecule has 1 aliphatic carbocycles. The van der Waals surface area contributed by atoms with Crippen LogP contribution in [-0.4, -0.2) is 9.97 Å². The fraction of sp³-hybridized carbons (Fsp3) is 0.500. The summed E-state index contributed by atoms with van der Waals surface area (Å²) in [5.74, 6) is 1.05. The van der Waals surface area contributed by atoms with Crippen LogP contribution >= 0.6 is 27.3 Å². The molecule has 19 heavy (non-hydrogen) atoms. The lowest BCUT2D eigenvalue weighted by molar-refractivity contribution is 0.386. The summed E-state index contributed by atoms with van der Waals surface area (Å²) >= 11 is 5.49. The number of aryl methyl sites for hydroxylation is 1. The summed E-state index contributed by atoms with van der Waals surface area (Å²) in [6.07, 6.45) is 8.48. The van der Waals surface area contributed by atoms with Crippen molar-refractivity contribution >= 4 is 27.3 Å². The molecule has 2 atom stereocenters. The number of imidazole rings is 1. The van der Waals surface area contributed by atoms with Gasteiger partial charge >= 0.3 is 0 Å². The summed E-state index contributed by atoms with van der Waals surface area (Å²) in [7, 11) is 0. The van der Waals surface area contributed by atoms with E-state index in [9.17, 15) is 0 Å². The Morgan fingerprint density at radius 1 is 1.63 bits per heavy atom. The topological polar surface area (TPSA) is 40.7 Å². The highest BCUT2D eigenvalue weighted by Gasteiger charge is 2.25. The second-order valence-electron chi connectivity index (χ2n) is 4.98. The van der Waals surface area contributed by atoms with Gasteiger partial charge in [0.15, 0.2) is 0 Å². The Balaban J connectivity index is 1.80. The van der Waals surface area contributed by atoms with Gasteiger partial charge in [0.05, 0.1) is 9.83 Å². The van der Waals surface area contributed by atoms with Crippen LogP contribution in [0.5, 0.6) is 0 Å². The lowest BCUT2D eigenvalue weighted by Crippen LogP contribution is -2.29. The molecule has 5 heteroatoms. The molecule has 2 unspecified atom stereocenters. The largest absolute Gasteiger partial charge is 0.347 e. The van der Waals surface area contributed by atoms with Gasteiger partial charge in [0.2, 0.25) is 0 Å². The van der Waals surface area contributed by atoms with E-state index in [4.69, 9.17) is 0 Å². The van der Waals surface area contributed by atoms with Crippen molar-refractivity contribution in [2.24, 2.45) is 0 Å². The minimum Gasteiger partial charge on any atom is -0.347 e. The third-order valence-corrected chi connectivity index (χ3v) is 5.46. The summed E-state index contributed by atoms with van der Waals surface area (Å²) in [6.45, 7) is 2.20. The summed E-state index contributed by atoms with van der Waals surface area (Å²) in [5.41, 5.74) is 1.48. The number of rotatable bonds is 4. The van der Waals surface area contributed by atoms with Gasteiger partial charge in [0, 0.05) is 23.3 Å². The van der Waals surface area contributed by atoms with Crippen molar-refractivity contribution in [1.29, 1.82) is 0 Å². The van der Waals surface area contributed by atoms with E-state index in [1.807, 2.05) is 23.7 Å². The molecule has 0 saturated carbocycles. The number of hydrogen-bond acceptors (Lipinski definition) is 3. The number of nitrogens with zero attached hydrogens (tertiary/aromatic N) is 1. The molecular formula is C14H18BrN3S. The number of nitrogens with one attached hydrogen (secondary N) is 2. The Bertz CT molecular complexity index is 535. The van der Waals surface area contributed by atoms with E-state index in [1.54, 1.807) is 0 Å². The highest BCUT2D eigenvalue weighted by atomic mass is 79.9. The van der Waals surface area contributed by atoms with E-state index >= 15 is 0 Å². The van der Waals surface area contributed by atoms with Crippen molar-refractivity contribution < 1.29 is 0 Å². The molecule has 2 aromatic heterocycles. The second kappa shape index (κ2) is 5.77. The summed E-state index contributed by atoms with van der Waals surface area (Å²) in [5, 5.41) is 3.77. The monoisotopic (exact) mass is 339 g/mol. The van der Waals surface area contributed by atoms with Crippen LogP contribution in [0.25, 0.3) is 0 Å². The number of aromatic amines is 1. The van der Waals surface area contributed by atoms with E-state index in [2.05, 4.69) is 44.2 Å². The molecule has 102 valence electrons. The van der Waals surface area contributed by atoms with Crippen molar-refractivity contribution in [3.8, 4) is 0 Å². The highest BCUT2D eigenvalue weighted by Crippen LogP contribution is 2.39. The van der Waals surface area contributed by atoms with E-state index in [1.165, 1.54) is 33.5 Å². The zero-order valence-electron chi connectivity index (χ0n) is 10.9. The van der Waals surface area contributed by atoms with Gasteiger partial charge in [-0.25, -0.2) is 4.98 Å². The summed E-state index contributed by atoms with van der Waals surface area (Å²) < 4.78 is 1.25.